The molecule has 12 heteroatoms. The third-order valence-electron chi connectivity index (χ3n) is 6.67. The van der Waals surface area contributed by atoms with Crippen molar-refractivity contribution >= 4 is 23.4 Å². The van der Waals surface area contributed by atoms with Crippen LogP contribution < -0.4 is 14.9 Å². The summed E-state index contributed by atoms with van der Waals surface area (Å²) in [6.07, 6.45) is 0.214. The first-order valence-electron chi connectivity index (χ1n) is 11.4. The van der Waals surface area contributed by atoms with Gasteiger partial charge in [0, 0.05) is 42.2 Å². The highest BCUT2D eigenvalue weighted by Gasteiger charge is 2.54. The average Bonchev–Trinajstić information content (AvgIpc) is 3.39. The maximum atomic E-state index is 14.4. The van der Waals surface area contributed by atoms with Crippen molar-refractivity contribution in [1.29, 1.82) is 0 Å². The molecule has 192 valence electrons. The van der Waals surface area contributed by atoms with Crippen molar-refractivity contribution in [2.75, 3.05) is 18.7 Å². The Kier molecular flexibility index (Phi) is 6.80. The number of alkyl halides is 5. The maximum absolute atomic E-state index is 14.4. The van der Waals surface area contributed by atoms with Crippen LogP contribution in [0, 0.1) is 5.41 Å². The van der Waals surface area contributed by atoms with Crippen LogP contribution in [-0.4, -0.2) is 35.0 Å². The number of pyridine rings is 1. The summed E-state index contributed by atoms with van der Waals surface area (Å²) in [7, 11) is 1.46. The van der Waals surface area contributed by atoms with E-state index in [2.05, 4.69) is 10.4 Å². The minimum Gasteiger partial charge on any atom is -0.320 e. The van der Waals surface area contributed by atoms with Crippen molar-refractivity contribution in [3.8, 4) is 0 Å². The summed E-state index contributed by atoms with van der Waals surface area (Å²) in [5, 5.41) is 7.43. The molecular formula is C23H28F5N4O2S+. The number of rotatable bonds is 7. The molecule has 4 rings (SSSR count). The van der Waals surface area contributed by atoms with Gasteiger partial charge in [0.1, 0.15) is 18.4 Å². The number of amides is 1. The van der Waals surface area contributed by atoms with Crippen molar-refractivity contribution in [1.82, 2.24) is 9.78 Å². The van der Waals surface area contributed by atoms with Crippen LogP contribution >= 0.6 is 11.8 Å². The molecule has 0 aliphatic heterocycles. The van der Waals surface area contributed by atoms with E-state index in [-0.39, 0.29) is 17.9 Å². The number of hydrogen-bond donors (Lipinski definition) is 1. The predicted octanol–water partition coefficient (Wildman–Crippen LogP) is 5.32. The van der Waals surface area contributed by atoms with Gasteiger partial charge in [0.2, 0.25) is 12.1 Å². The van der Waals surface area contributed by atoms with E-state index in [0.717, 1.165) is 17.5 Å². The fourth-order valence-electron chi connectivity index (χ4n) is 5.29. The molecule has 2 aliphatic rings. The molecule has 0 bridgehead atoms. The van der Waals surface area contributed by atoms with Crippen LogP contribution in [0.25, 0.3) is 0 Å². The van der Waals surface area contributed by atoms with E-state index in [9.17, 15) is 26.7 Å². The lowest BCUT2D eigenvalue weighted by molar-refractivity contribution is -0.913. The maximum Gasteiger partial charge on any atom is 0.420 e. The molecule has 0 atom stereocenters. The standard InChI is InChI=1S/C23H27F5N4O2S/c1-21(11-22(24,25)12-21)13-31-19(17(23(26,27)28)18(30-31)14-6-4-5-7-14)20(33)29-15-8-9-32(34-2)16(10-15)35-3/h8-10,14H,4-7,11-13H2,1-3H3/p+1. The van der Waals surface area contributed by atoms with Gasteiger partial charge in [-0.1, -0.05) is 31.5 Å². The monoisotopic (exact) mass is 519 g/mol. The molecule has 2 aliphatic carbocycles. The Morgan fingerprint density at radius 1 is 1.31 bits per heavy atom. The van der Waals surface area contributed by atoms with Gasteiger partial charge in [-0.15, -0.1) is 0 Å². The third-order valence-corrected chi connectivity index (χ3v) is 7.39. The molecule has 0 aromatic carbocycles. The summed E-state index contributed by atoms with van der Waals surface area (Å²) in [4.78, 5) is 18.5. The Morgan fingerprint density at radius 3 is 2.51 bits per heavy atom. The van der Waals surface area contributed by atoms with Crippen LogP contribution in [0.15, 0.2) is 23.4 Å². The summed E-state index contributed by atoms with van der Waals surface area (Å²) in [5.74, 6) is -4.26. The molecule has 35 heavy (non-hydrogen) atoms. The first kappa shape index (κ1) is 25.7. The number of thioether (sulfide) groups is 1. The van der Waals surface area contributed by atoms with Gasteiger partial charge in [-0.2, -0.15) is 18.3 Å². The van der Waals surface area contributed by atoms with Crippen molar-refractivity contribution in [2.24, 2.45) is 5.41 Å². The Bertz CT molecular complexity index is 1100. The van der Waals surface area contributed by atoms with Gasteiger partial charge in [-0.05, 0) is 24.5 Å². The zero-order chi connectivity index (χ0) is 25.6. The minimum absolute atomic E-state index is 0.162. The fourth-order valence-corrected chi connectivity index (χ4v) is 5.85. The molecule has 0 unspecified atom stereocenters. The van der Waals surface area contributed by atoms with Crippen LogP contribution in [0.4, 0.5) is 27.6 Å². The first-order valence-corrected chi connectivity index (χ1v) is 12.6. The van der Waals surface area contributed by atoms with Crippen molar-refractivity contribution < 1.29 is 36.3 Å². The van der Waals surface area contributed by atoms with Crippen molar-refractivity contribution in [3.05, 3.63) is 35.3 Å². The molecule has 1 N–H and O–H groups in total. The summed E-state index contributed by atoms with van der Waals surface area (Å²) in [6.45, 7) is 1.39. The van der Waals surface area contributed by atoms with E-state index in [4.69, 9.17) is 4.84 Å². The lowest BCUT2D eigenvalue weighted by Gasteiger charge is -2.44. The number of carbonyl (C=O) groups is 1. The largest absolute Gasteiger partial charge is 0.420 e. The highest BCUT2D eigenvalue weighted by molar-refractivity contribution is 7.98. The molecule has 0 saturated heterocycles. The Labute approximate surface area is 204 Å². The van der Waals surface area contributed by atoms with Gasteiger partial charge in [0.15, 0.2) is 0 Å². The quantitative estimate of drug-likeness (QED) is 0.306. The summed E-state index contributed by atoms with van der Waals surface area (Å²) >= 11 is 1.32. The van der Waals surface area contributed by atoms with Gasteiger partial charge in [-0.25, -0.2) is 8.78 Å². The van der Waals surface area contributed by atoms with E-state index < -0.39 is 53.4 Å². The molecule has 0 spiro atoms. The summed E-state index contributed by atoms with van der Waals surface area (Å²) < 4.78 is 72.8. The summed E-state index contributed by atoms with van der Waals surface area (Å²) in [6, 6.07) is 3.08. The van der Waals surface area contributed by atoms with Crippen LogP contribution in [-0.2, 0) is 12.7 Å². The second-order valence-corrected chi connectivity index (χ2v) is 10.5. The molecule has 2 heterocycles. The minimum atomic E-state index is -4.83. The number of nitrogens with zero attached hydrogens (tertiary/aromatic N) is 3. The summed E-state index contributed by atoms with van der Waals surface area (Å²) in [5.41, 5.74) is -2.54. The topological polar surface area (TPSA) is 60.0 Å². The second-order valence-electron chi connectivity index (χ2n) is 9.69. The Hall–Kier alpha value is -2.37. The van der Waals surface area contributed by atoms with Gasteiger partial charge < -0.3 is 5.32 Å². The number of carbonyl (C=O) groups excluding carboxylic acids is 1. The molecule has 1 amide bonds. The molecule has 2 aromatic heterocycles. The SMILES string of the molecule is CO[n+]1ccc(NC(=O)c2c(C(F)(F)F)c(C3CCCC3)nn2CC2(C)CC(F)(F)C2)cc1SC. The molecule has 0 radical (unpaired) electrons. The fraction of sp³-hybridized carbons (Fsp3) is 0.609. The number of halogens is 5. The zero-order valence-corrected chi connectivity index (χ0v) is 20.5. The average molecular weight is 520 g/mol. The van der Waals surface area contributed by atoms with Crippen LogP contribution in [0.1, 0.15) is 73.1 Å². The van der Waals surface area contributed by atoms with Gasteiger partial charge >= 0.3 is 6.18 Å². The molecule has 2 aromatic rings. The van der Waals surface area contributed by atoms with E-state index in [1.807, 2.05) is 0 Å². The Balaban J connectivity index is 1.76. The third kappa shape index (κ3) is 5.26. The van der Waals surface area contributed by atoms with Crippen LogP contribution in [0.5, 0.6) is 0 Å². The lowest BCUT2D eigenvalue weighted by atomic mass is 9.67. The van der Waals surface area contributed by atoms with E-state index in [0.29, 0.717) is 17.9 Å². The molecule has 2 saturated carbocycles. The van der Waals surface area contributed by atoms with E-state index >= 15 is 0 Å². The Morgan fingerprint density at radius 2 is 1.97 bits per heavy atom. The number of aromatic nitrogens is 3. The number of hydrogen-bond acceptors (Lipinski definition) is 4. The van der Waals surface area contributed by atoms with Gasteiger partial charge in [0.05, 0.1) is 11.4 Å². The number of nitrogens with one attached hydrogen (secondary N) is 1. The zero-order valence-electron chi connectivity index (χ0n) is 19.7. The highest BCUT2D eigenvalue weighted by atomic mass is 32.2. The van der Waals surface area contributed by atoms with E-state index in [1.165, 1.54) is 35.9 Å². The predicted molar refractivity (Wildman–Crippen MR) is 120 cm³/mol. The van der Waals surface area contributed by atoms with Crippen LogP contribution in [0.2, 0.25) is 0 Å². The van der Waals surface area contributed by atoms with Crippen molar-refractivity contribution in [3.63, 3.8) is 0 Å². The first-order chi connectivity index (χ1) is 16.4. The highest BCUT2D eigenvalue weighted by Crippen LogP contribution is 2.53. The van der Waals surface area contributed by atoms with Crippen molar-refractivity contribution in [2.45, 2.75) is 75.0 Å². The van der Waals surface area contributed by atoms with Gasteiger partial charge in [0.25, 0.3) is 10.9 Å². The van der Waals surface area contributed by atoms with Crippen LogP contribution in [0.3, 0.4) is 0 Å². The normalized spacial score (nSPS) is 19.4. The second kappa shape index (κ2) is 9.25. The number of anilines is 1. The lowest BCUT2D eigenvalue weighted by Crippen LogP contribution is -2.47. The smallest absolute Gasteiger partial charge is 0.320 e. The molecule has 6 nitrogen and oxygen atoms in total. The van der Waals surface area contributed by atoms with E-state index in [1.54, 1.807) is 19.2 Å². The van der Waals surface area contributed by atoms with Gasteiger partial charge in [-0.3, -0.25) is 14.3 Å². The molecule has 2 fully saturated rings. The molecular weight excluding hydrogens is 491 g/mol.